The van der Waals surface area contributed by atoms with Gasteiger partial charge in [0.05, 0.1) is 12.8 Å². The molecule has 1 aliphatic heterocycles. The number of esters is 1. The van der Waals surface area contributed by atoms with Crippen molar-refractivity contribution in [3.8, 4) is 0 Å². The summed E-state index contributed by atoms with van der Waals surface area (Å²) in [6.07, 6.45) is 2.54. The maximum Gasteiger partial charge on any atom is 0.324 e. The molecule has 106 valence electrons. The third-order valence-corrected chi connectivity index (χ3v) is 4.34. The van der Waals surface area contributed by atoms with Crippen LogP contribution in [0.4, 0.5) is 5.82 Å². The van der Waals surface area contributed by atoms with Crippen molar-refractivity contribution in [3.05, 3.63) is 12.3 Å². The molecule has 2 heterocycles. The molecule has 1 fully saturated rings. The zero-order valence-electron chi connectivity index (χ0n) is 10.5. The van der Waals surface area contributed by atoms with Crippen molar-refractivity contribution in [3.63, 3.8) is 0 Å². The molecule has 1 saturated heterocycles. The van der Waals surface area contributed by atoms with Crippen LogP contribution in [0.25, 0.3) is 0 Å². The maximum absolute atomic E-state index is 12.2. The summed E-state index contributed by atoms with van der Waals surface area (Å²) in [5.41, 5.74) is 0. The summed E-state index contributed by atoms with van der Waals surface area (Å²) in [6, 6.07) is 0.743. The first-order valence-corrected chi connectivity index (χ1v) is 7.44. The molecule has 1 unspecified atom stereocenters. The van der Waals surface area contributed by atoms with E-state index in [1.54, 1.807) is 6.92 Å². The first kappa shape index (κ1) is 13.8. The average molecular weight is 288 g/mol. The van der Waals surface area contributed by atoms with Gasteiger partial charge in [-0.2, -0.15) is 17.8 Å². The van der Waals surface area contributed by atoms with Crippen LogP contribution in [0.3, 0.4) is 0 Å². The van der Waals surface area contributed by atoms with E-state index in [0.717, 1.165) is 4.31 Å². The first-order valence-electron chi connectivity index (χ1n) is 6.00. The molecule has 1 aromatic heterocycles. The quantitative estimate of drug-likeness (QED) is 0.747. The minimum Gasteiger partial charge on any atom is -0.465 e. The Morgan fingerprint density at radius 1 is 1.68 bits per heavy atom. The molecular formula is C10H16N4O4S. The van der Waals surface area contributed by atoms with Crippen LogP contribution in [0.1, 0.15) is 19.8 Å². The number of anilines is 1. The van der Waals surface area contributed by atoms with Crippen LogP contribution in [-0.2, 0) is 19.7 Å². The molecule has 9 heteroatoms. The van der Waals surface area contributed by atoms with E-state index in [-0.39, 0.29) is 12.4 Å². The minimum atomic E-state index is -3.78. The summed E-state index contributed by atoms with van der Waals surface area (Å²) in [7, 11) is -3.78. The van der Waals surface area contributed by atoms with E-state index in [0.29, 0.717) is 19.4 Å². The number of H-pyrrole nitrogens is 1. The zero-order chi connectivity index (χ0) is 13.9. The molecule has 0 saturated carbocycles. The maximum atomic E-state index is 12.2. The summed E-state index contributed by atoms with van der Waals surface area (Å²) < 4.78 is 32.7. The number of carbonyl (C=O) groups excluding carboxylic acids is 1. The van der Waals surface area contributed by atoms with Gasteiger partial charge in [0.2, 0.25) is 0 Å². The molecule has 8 nitrogen and oxygen atoms in total. The number of hydrogen-bond acceptors (Lipinski definition) is 5. The highest BCUT2D eigenvalue weighted by Crippen LogP contribution is 2.23. The predicted molar refractivity (Wildman–Crippen MR) is 67.5 cm³/mol. The molecule has 0 radical (unpaired) electrons. The monoisotopic (exact) mass is 288 g/mol. The van der Waals surface area contributed by atoms with Crippen LogP contribution in [0.5, 0.6) is 0 Å². The van der Waals surface area contributed by atoms with Crippen LogP contribution >= 0.6 is 0 Å². The molecule has 19 heavy (non-hydrogen) atoms. The largest absolute Gasteiger partial charge is 0.465 e. The molecule has 0 spiro atoms. The number of ether oxygens (including phenoxy) is 1. The van der Waals surface area contributed by atoms with Crippen LogP contribution in [0, 0.1) is 0 Å². The van der Waals surface area contributed by atoms with E-state index >= 15 is 0 Å². The number of hydrogen-bond donors (Lipinski definition) is 2. The third kappa shape index (κ3) is 3.04. The normalized spacial score (nSPS) is 20.4. The van der Waals surface area contributed by atoms with Gasteiger partial charge in [0.25, 0.3) is 0 Å². The fourth-order valence-electron chi connectivity index (χ4n) is 2.01. The van der Waals surface area contributed by atoms with E-state index in [9.17, 15) is 13.2 Å². The highest BCUT2D eigenvalue weighted by Gasteiger charge is 2.39. The molecule has 0 aromatic carbocycles. The van der Waals surface area contributed by atoms with Crippen molar-refractivity contribution in [2.45, 2.75) is 25.8 Å². The lowest BCUT2D eigenvalue weighted by molar-refractivity contribution is -0.146. The highest BCUT2D eigenvalue weighted by molar-refractivity contribution is 7.90. The van der Waals surface area contributed by atoms with E-state index in [2.05, 4.69) is 14.9 Å². The van der Waals surface area contributed by atoms with Gasteiger partial charge in [-0.25, -0.2) is 0 Å². The molecule has 0 amide bonds. The third-order valence-electron chi connectivity index (χ3n) is 2.81. The van der Waals surface area contributed by atoms with E-state index in [4.69, 9.17) is 4.74 Å². The minimum absolute atomic E-state index is 0.233. The molecular weight excluding hydrogens is 272 g/mol. The summed E-state index contributed by atoms with van der Waals surface area (Å²) in [4.78, 5) is 11.7. The molecule has 1 aliphatic rings. The van der Waals surface area contributed by atoms with Crippen molar-refractivity contribution < 1.29 is 17.9 Å². The van der Waals surface area contributed by atoms with E-state index < -0.39 is 22.2 Å². The van der Waals surface area contributed by atoms with E-state index in [1.165, 1.54) is 12.3 Å². The van der Waals surface area contributed by atoms with Gasteiger partial charge in [0, 0.05) is 12.6 Å². The van der Waals surface area contributed by atoms with Crippen LogP contribution in [0.15, 0.2) is 12.3 Å². The molecule has 1 atom stereocenters. The molecule has 2 N–H and O–H groups in total. The number of carbonyl (C=O) groups is 1. The Kier molecular flexibility index (Phi) is 4.05. The summed E-state index contributed by atoms with van der Waals surface area (Å²) >= 11 is 0. The van der Waals surface area contributed by atoms with E-state index in [1.807, 2.05) is 0 Å². The number of nitrogens with zero attached hydrogens (tertiary/aromatic N) is 2. The van der Waals surface area contributed by atoms with Crippen LogP contribution in [-0.4, -0.2) is 48.1 Å². The topological polar surface area (TPSA) is 104 Å². The van der Waals surface area contributed by atoms with Crippen molar-refractivity contribution in [2.24, 2.45) is 0 Å². The van der Waals surface area contributed by atoms with Crippen LogP contribution < -0.4 is 4.72 Å². The standard InChI is InChI=1S/C10H16N4O4S/c1-2-18-10(15)8-4-3-7-14(8)19(16,17)13-9-5-6-11-12-9/h5-6,8H,2-4,7H2,1H3,(H2,11,12,13). The zero-order valence-corrected chi connectivity index (χ0v) is 11.3. The smallest absolute Gasteiger partial charge is 0.324 e. The van der Waals surface area contributed by atoms with Gasteiger partial charge in [-0.3, -0.25) is 14.6 Å². The fraction of sp³-hybridized carbons (Fsp3) is 0.600. The second kappa shape index (κ2) is 5.57. The first-order chi connectivity index (χ1) is 9.04. The Morgan fingerprint density at radius 3 is 3.11 bits per heavy atom. The van der Waals surface area contributed by atoms with Gasteiger partial charge < -0.3 is 4.74 Å². The average Bonchev–Trinajstić information content (AvgIpc) is 2.98. The Labute approximate surface area is 111 Å². The Morgan fingerprint density at radius 2 is 2.47 bits per heavy atom. The number of rotatable bonds is 5. The van der Waals surface area contributed by atoms with Crippen molar-refractivity contribution in [1.29, 1.82) is 0 Å². The molecule has 0 aliphatic carbocycles. The SMILES string of the molecule is CCOC(=O)C1CCCN1S(=O)(=O)Nc1ccn[nH]1. The summed E-state index contributed by atoms with van der Waals surface area (Å²) in [5, 5.41) is 6.16. The van der Waals surface area contributed by atoms with Gasteiger partial charge in [-0.15, -0.1) is 0 Å². The molecule has 2 rings (SSSR count). The lowest BCUT2D eigenvalue weighted by atomic mass is 10.2. The lowest BCUT2D eigenvalue weighted by Crippen LogP contribution is -2.44. The number of nitrogens with one attached hydrogen (secondary N) is 2. The van der Waals surface area contributed by atoms with Gasteiger partial charge >= 0.3 is 16.2 Å². The molecule has 0 bridgehead atoms. The lowest BCUT2D eigenvalue weighted by Gasteiger charge is -2.22. The Hall–Kier alpha value is -1.61. The number of aromatic nitrogens is 2. The summed E-state index contributed by atoms with van der Waals surface area (Å²) in [6.45, 7) is 2.22. The van der Waals surface area contributed by atoms with Crippen molar-refractivity contribution in [2.75, 3.05) is 17.9 Å². The van der Waals surface area contributed by atoms with Crippen molar-refractivity contribution in [1.82, 2.24) is 14.5 Å². The summed E-state index contributed by atoms with van der Waals surface area (Å²) in [5.74, 6) is -0.246. The van der Waals surface area contributed by atoms with Crippen molar-refractivity contribution >= 4 is 22.0 Å². The van der Waals surface area contributed by atoms with Crippen LogP contribution in [0.2, 0.25) is 0 Å². The predicted octanol–water partition coefficient (Wildman–Crippen LogP) is 0.0939. The van der Waals surface area contributed by atoms with Gasteiger partial charge in [0.15, 0.2) is 0 Å². The Bertz CT molecular complexity index is 528. The number of aromatic amines is 1. The van der Waals surface area contributed by atoms with Gasteiger partial charge in [-0.05, 0) is 19.8 Å². The molecule has 1 aromatic rings. The highest BCUT2D eigenvalue weighted by atomic mass is 32.2. The van der Waals surface area contributed by atoms with Gasteiger partial charge in [0.1, 0.15) is 11.9 Å². The Balaban J connectivity index is 2.12. The van der Waals surface area contributed by atoms with Gasteiger partial charge in [-0.1, -0.05) is 0 Å². The fourth-order valence-corrected chi connectivity index (χ4v) is 3.42. The second-order valence-electron chi connectivity index (χ2n) is 4.10. The second-order valence-corrected chi connectivity index (χ2v) is 5.72.